The quantitative estimate of drug-likeness (QED) is 0.265. The van der Waals surface area contributed by atoms with E-state index >= 15 is 0 Å². The van der Waals surface area contributed by atoms with Crippen LogP contribution in [-0.4, -0.2) is 31.1 Å². The molecule has 0 heterocycles. The van der Waals surface area contributed by atoms with E-state index in [9.17, 15) is 0 Å². The molecule has 0 bridgehead atoms. The monoisotopic (exact) mass is 452 g/mol. The fourth-order valence-corrected chi connectivity index (χ4v) is 2.18. The maximum atomic E-state index is 6.05. The number of hydrogen-bond donors (Lipinski definition) is 3. The second-order valence-electron chi connectivity index (χ2n) is 6.36. The van der Waals surface area contributed by atoms with E-state index in [1.165, 1.54) is 0 Å². The fraction of sp³-hybridized carbons (Fsp3) is 0.588. The Balaban J connectivity index is 0.00000484. The molecule has 3 N–H and O–H groups in total. The molecule has 0 radical (unpaired) electrons. The number of aliphatic imine (C=N–C) groups is 1. The molecule has 0 amide bonds. The van der Waals surface area contributed by atoms with Crippen molar-refractivity contribution in [1.82, 2.24) is 16.0 Å². The van der Waals surface area contributed by atoms with E-state index in [0.717, 1.165) is 36.2 Å². The molecule has 0 aliphatic carbocycles. The standard InChI is InChI=1S/C17H29ClN4.HI/c1-6-19-16(20-10-11-21-17(3,4)5)22-13(2)14-8-7-9-15(18)12-14;/h7-9,12-13,21H,6,10-11H2,1-5H3,(H2,19,20,22);1H. The highest BCUT2D eigenvalue weighted by Gasteiger charge is 2.09. The fourth-order valence-electron chi connectivity index (χ4n) is 1.98. The van der Waals surface area contributed by atoms with Gasteiger partial charge >= 0.3 is 0 Å². The Labute approximate surface area is 162 Å². The van der Waals surface area contributed by atoms with Gasteiger partial charge < -0.3 is 16.0 Å². The molecule has 1 rings (SSSR count). The van der Waals surface area contributed by atoms with E-state index in [2.05, 4.69) is 61.6 Å². The highest BCUT2D eigenvalue weighted by Crippen LogP contribution is 2.17. The van der Waals surface area contributed by atoms with Crippen LogP contribution < -0.4 is 16.0 Å². The molecule has 0 saturated carbocycles. The summed E-state index contributed by atoms with van der Waals surface area (Å²) in [7, 11) is 0. The lowest BCUT2D eigenvalue weighted by molar-refractivity contribution is 0.432. The summed E-state index contributed by atoms with van der Waals surface area (Å²) in [5, 5.41) is 10.9. The zero-order valence-corrected chi connectivity index (χ0v) is 17.8. The first-order valence-electron chi connectivity index (χ1n) is 7.87. The van der Waals surface area contributed by atoms with Gasteiger partial charge in [0.15, 0.2) is 5.96 Å². The van der Waals surface area contributed by atoms with Crippen molar-refractivity contribution < 1.29 is 0 Å². The van der Waals surface area contributed by atoms with Gasteiger partial charge in [-0.3, -0.25) is 4.99 Å². The number of benzene rings is 1. The van der Waals surface area contributed by atoms with Gasteiger partial charge in [0.05, 0.1) is 12.6 Å². The summed E-state index contributed by atoms with van der Waals surface area (Å²) < 4.78 is 0. The van der Waals surface area contributed by atoms with Crippen molar-refractivity contribution >= 4 is 41.5 Å². The molecule has 132 valence electrons. The van der Waals surface area contributed by atoms with Gasteiger partial charge in [0, 0.05) is 23.7 Å². The first-order valence-corrected chi connectivity index (χ1v) is 8.25. The lowest BCUT2D eigenvalue weighted by atomic mass is 10.1. The molecule has 4 nitrogen and oxygen atoms in total. The zero-order valence-electron chi connectivity index (χ0n) is 14.7. The van der Waals surface area contributed by atoms with Crippen LogP contribution in [0.15, 0.2) is 29.3 Å². The minimum atomic E-state index is 0. The number of rotatable bonds is 6. The Morgan fingerprint density at radius 2 is 2.00 bits per heavy atom. The van der Waals surface area contributed by atoms with E-state index < -0.39 is 0 Å². The van der Waals surface area contributed by atoms with Crippen molar-refractivity contribution in [2.45, 2.75) is 46.2 Å². The van der Waals surface area contributed by atoms with E-state index in [1.807, 2.05) is 18.2 Å². The molecule has 0 aliphatic heterocycles. The molecule has 0 saturated heterocycles. The molecule has 1 aromatic rings. The van der Waals surface area contributed by atoms with E-state index in [-0.39, 0.29) is 35.6 Å². The van der Waals surface area contributed by atoms with Gasteiger partial charge in [0.25, 0.3) is 0 Å². The predicted molar refractivity (Wildman–Crippen MR) is 112 cm³/mol. The molecule has 1 atom stereocenters. The first kappa shape index (κ1) is 22.5. The highest BCUT2D eigenvalue weighted by molar-refractivity contribution is 14.0. The second kappa shape index (κ2) is 11.1. The zero-order chi connectivity index (χ0) is 16.6. The number of hydrogen-bond acceptors (Lipinski definition) is 2. The Morgan fingerprint density at radius 1 is 1.30 bits per heavy atom. The van der Waals surface area contributed by atoms with Crippen LogP contribution in [-0.2, 0) is 0 Å². The van der Waals surface area contributed by atoms with Gasteiger partial charge in [0.2, 0.25) is 0 Å². The highest BCUT2D eigenvalue weighted by atomic mass is 127. The number of nitrogens with zero attached hydrogens (tertiary/aromatic N) is 1. The Bertz CT molecular complexity index is 486. The molecule has 0 fully saturated rings. The third kappa shape index (κ3) is 10.0. The minimum Gasteiger partial charge on any atom is -0.357 e. The molecule has 23 heavy (non-hydrogen) atoms. The molecule has 0 spiro atoms. The largest absolute Gasteiger partial charge is 0.357 e. The maximum Gasteiger partial charge on any atom is 0.191 e. The van der Waals surface area contributed by atoms with Crippen LogP contribution in [0, 0.1) is 0 Å². The van der Waals surface area contributed by atoms with E-state index in [1.54, 1.807) is 0 Å². The van der Waals surface area contributed by atoms with Crippen LogP contribution in [0.25, 0.3) is 0 Å². The summed E-state index contributed by atoms with van der Waals surface area (Å²) in [6.45, 7) is 13.0. The molecule has 1 unspecified atom stereocenters. The van der Waals surface area contributed by atoms with Crippen LogP contribution >= 0.6 is 35.6 Å². The predicted octanol–water partition coefficient (Wildman–Crippen LogP) is 3.96. The molecule has 1 aromatic carbocycles. The van der Waals surface area contributed by atoms with Crippen molar-refractivity contribution in [3.8, 4) is 0 Å². The third-order valence-corrected chi connectivity index (χ3v) is 3.32. The topological polar surface area (TPSA) is 48.5 Å². The van der Waals surface area contributed by atoms with Gasteiger partial charge in [-0.1, -0.05) is 23.7 Å². The Morgan fingerprint density at radius 3 is 2.57 bits per heavy atom. The Hall–Kier alpha value is -0.530. The number of guanidine groups is 1. The van der Waals surface area contributed by atoms with Crippen LogP contribution in [0.5, 0.6) is 0 Å². The number of halogens is 2. The molecular formula is C17H30ClIN4. The first-order chi connectivity index (χ1) is 10.3. The molecule has 6 heteroatoms. The maximum absolute atomic E-state index is 6.05. The van der Waals surface area contributed by atoms with Crippen LogP contribution in [0.4, 0.5) is 0 Å². The van der Waals surface area contributed by atoms with Gasteiger partial charge in [-0.2, -0.15) is 0 Å². The summed E-state index contributed by atoms with van der Waals surface area (Å²) in [5.41, 5.74) is 1.26. The van der Waals surface area contributed by atoms with Crippen LogP contribution in [0.1, 0.15) is 46.2 Å². The van der Waals surface area contributed by atoms with Crippen LogP contribution in [0.3, 0.4) is 0 Å². The van der Waals surface area contributed by atoms with Crippen molar-refractivity contribution in [2.75, 3.05) is 19.6 Å². The van der Waals surface area contributed by atoms with Gasteiger partial charge in [-0.15, -0.1) is 24.0 Å². The van der Waals surface area contributed by atoms with Gasteiger partial charge in [-0.05, 0) is 52.3 Å². The average Bonchev–Trinajstić information content (AvgIpc) is 2.42. The molecular weight excluding hydrogens is 423 g/mol. The van der Waals surface area contributed by atoms with Crippen molar-refractivity contribution in [1.29, 1.82) is 0 Å². The van der Waals surface area contributed by atoms with E-state index in [4.69, 9.17) is 11.6 Å². The smallest absolute Gasteiger partial charge is 0.191 e. The lowest BCUT2D eigenvalue weighted by Crippen LogP contribution is -2.40. The molecule has 0 aromatic heterocycles. The van der Waals surface area contributed by atoms with Crippen LogP contribution in [0.2, 0.25) is 5.02 Å². The second-order valence-corrected chi connectivity index (χ2v) is 6.79. The summed E-state index contributed by atoms with van der Waals surface area (Å²) >= 11 is 6.05. The number of nitrogens with one attached hydrogen (secondary N) is 3. The normalized spacial score (nSPS) is 13.2. The van der Waals surface area contributed by atoms with E-state index in [0.29, 0.717) is 0 Å². The summed E-state index contributed by atoms with van der Waals surface area (Å²) in [4.78, 5) is 4.60. The summed E-state index contributed by atoms with van der Waals surface area (Å²) in [5.74, 6) is 0.825. The third-order valence-electron chi connectivity index (χ3n) is 3.08. The van der Waals surface area contributed by atoms with Crippen molar-refractivity contribution in [3.05, 3.63) is 34.9 Å². The summed E-state index contributed by atoms with van der Waals surface area (Å²) in [6.07, 6.45) is 0. The van der Waals surface area contributed by atoms with Crippen molar-refractivity contribution in [3.63, 3.8) is 0 Å². The van der Waals surface area contributed by atoms with Crippen molar-refractivity contribution in [2.24, 2.45) is 4.99 Å². The molecule has 0 aliphatic rings. The summed E-state index contributed by atoms with van der Waals surface area (Å²) in [6, 6.07) is 8.03. The lowest BCUT2D eigenvalue weighted by Gasteiger charge is -2.21. The van der Waals surface area contributed by atoms with Gasteiger partial charge in [-0.25, -0.2) is 0 Å². The average molecular weight is 453 g/mol. The SMILES string of the molecule is CCNC(=NCCNC(C)(C)C)NC(C)c1cccc(Cl)c1.I. The minimum absolute atomic E-state index is 0. The van der Waals surface area contributed by atoms with Gasteiger partial charge in [0.1, 0.15) is 0 Å². The Kier molecular flexibility index (Phi) is 10.8.